The number of hydrogen-bond acceptors (Lipinski definition) is 2. The summed E-state index contributed by atoms with van der Waals surface area (Å²) in [5.41, 5.74) is 1.66. The molecule has 0 atom stereocenters. The van der Waals surface area contributed by atoms with E-state index in [9.17, 15) is 0 Å². The molecule has 1 aliphatic rings. The van der Waals surface area contributed by atoms with Gasteiger partial charge in [0, 0.05) is 16.3 Å². The van der Waals surface area contributed by atoms with Gasteiger partial charge in [-0.15, -0.1) is 11.3 Å². The summed E-state index contributed by atoms with van der Waals surface area (Å²) in [5.74, 6) is 0. The van der Waals surface area contributed by atoms with Gasteiger partial charge in [-0.25, -0.2) is 0 Å². The molecule has 0 amide bonds. The van der Waals surface area contributed by atoms with Crippen molar-refractivity contribution < 1.29 is 0 Å². The zero-order chi connectivity index (χ0) is 10.5. The minimum absolute atomic E-state index is 1.03. The number of thiophene rings is 1. The van der Waals surface area contributed by atoms with Crippen molar-refractivity contribution >= 4 is 11.3 Å². The summed E-state index contributed by atoms with van der Waals surface area (Å²) < 4.78 is 0. The molecular formula is C13H19NS. The van der Waals surface area contributed by atoms with Gasteiger partial charge in [-0.3, -0.25) is 0 Å². The SMILES string of the molecule is Cc1ccc(CNCCC2=CCCC2)s1. The molecule has 0 spiro atoms. The molecule has 82 valence electrons. The molecule has 0 unspecified atom stereocenters. The summed E-state index contributed by atoms with van der Waals surface area (Å²) in [7, 11) is 0. The van der Waals surface area contributed by atoms with Crippen molar-refractivity contribution in [3.8, 4) is 0 Å². The van der Waals surface area contributed by atoms with E-state index in [1.165, 1.54) is 35.4 Å². The number of nitrogens with one attached hydrogen (secondary N) is 1. The first-order chi connectivity index (χ1) is 7.34. The van der Waals surface area contributed by atoms with Gasteiger partial charge >= 0.3 is 0 Å². The standard InChI is InChI=1S/C13H19NS/c1-11-6-7-13(15-11)10-14-9-8-12-4-2-3-5-12/h4,6-7,14H,2-3,5,8-10H2,1H3. The maximum Gasteiger partial charge on any atom is 0.0299 e. The van der Waals surface area contributed by atoms with Crippen molar-refractivity contribution in [2.45, 2.75) is 39.2 Å². The lowest BCUT2D eigenvalue weighted by Crippen LogP contribution is -2.14. The Morgan fingerprint density at radius 1 is 1.40 bits per heavy atom. The predicted octanol–water partition coefficient (Wildman–Crippen LogP) is 3.65. The van der Waals surface area contributed by atoms with Gasteiger partial charge in [0.2, 0.25) is 0 Å². The molecule has 0 bridgehead atoms. The summed E-state index contributed by atoms with van der Waals surface area (Å²) in [6.07, 6.45) is 7.67. The average Bonchev–Trinajstić information content (AvgIpc) is 2.84. The fourth-order valence-electron chi connectivity index (χ4n) is 2.01. The van der Waals surface area contributed by atoms with Crippen LogP contribution < -0.4 is 5.32 Å². The van der Waals surface area contributed by atoms with Gasteiger partial charge in [0.15, 0.2) is 0 Å². The number of aryl methyl sites for hydroxylation is 1. The topological polar surface area (TPSA) is 12.0 Å². The van der Waals surface area contributed by atoms with Crippen LogP contribution in [0.1, 0.15) is 35.4 Å². The van der Waals surface area contributed by atoms with E-state index < -0.39 is 0 Å². The molecule has 1 aromatic heterocycles. The highest BCUT2D eigenvalue weighted by atomic mass is 32.1. The van der Waals surface area contributed by atoms with Gasteiger partial charge in [-0.1, -0.05) is 11.6 Å². The van der Waals surface area contributed by atoms with Crippen molar-refractivity contribution in [1.29, 1.82) is 0 Å². The molecule has 1 heterocycles. The smallest absolute Gasteiger partial charge is 0.0299 e. The van der Waals surface area contributed by atoms with Crippen LogP contribution in [-0.4, -0.2) is 6.54 Å². The van der Waals surface area contributed by atoms with Gasteiger partial charge in [0.05, 0.1) is 0 Å². The van der Waals surface area contributed by atoms with Gasteiger partial charge in [-0.05, 0) is 51.3 Å². The van der Waals surface area contributed by atoms with Crippen molar-refractivity contribution in [3.63, 3.8) is 0 Å². The second-order valence-corrected chi connectivity index (χ2v) is 5.57. The van der Waals surface area contributed by atoms with Gasteiger partial charge in [0.25, 0.3) is 0 Å². The second-order valence-electron chi connectivity index (χ2n) is 4.19. The van der Waals surface area contributed by atoms with Crippen LogP contribution >= 0.6 is 11.3 Å². The average molecular weight is 221 g/mol. The van der Waals surface area contributed by atoms with Gasteiger partial charge < -0.3 is 5.32 Å². The monoisotopic (exact) mass is 221 g/mol. The van der Waals surface area contributed by atoms with Crippen molar-refractivity contribution in [1.82, 2.24) is 5.32 Å². The lowest BCUT2D eigenvalue weighted by atomic mass is 10.2. The highest BCUT2D eigenvalue weighted by molar-refractivity contribution is 7.11. The van der Waals surface area contributed by atoms with Crippen LogP contribution in [0.4, 0.5) is 0 Å². The normalized spacial score (nSPS) is 15.7. The van der Waals surface area contributed by atoms with E-state index in [0.29, 0.717) is 0 Å². The lowest BCUT2D eigenvalue weighted by Gasteiger charge is -2.03. The minimum atomic E-state index is 1.03. The van der Waals surface area contributed by atoms with Crippen LogP contribution in [-0.2, 0) is 6.54 Å². The van der Waals surface area contributed by atoms with Crippen LogP contribution in [0.3, 0.4) is 0 Å². The van der Waals surface area contributed by atoms with Crippen molar-refractivity contribution in [3.05, 3.63) is 33.5 Å². The molecule has 15 heavy (non-hydrogen) atoms. The second kappa shape index (κ2) is 5.47. The summed E-state index contributed by atoms with van der Waals surface area (Å²) in [5, 5.41) is 3.51. The summed E-state index contributed by atoms with van der Waals surface area (Å²) in [6.45, 7) is 4.33. The zero-order valence-electron chi connectivity index (χ0n) is 9.38. The molecule has 1 N–H and O–H groups in total. The van der Waals surface area contributed by atoms with E-state index in [-0.39, 0.29) is 0 Å². The molecule has 2 heteroatoms. The molecule has 1 nitrogen and oxygen atoms in total. The summed E-state index contributed by atoms with van der Waals surface area (Å²) in [6, 6.07) is 4.42. The third-order valence-corrected chi connectivity index (χ3v) is 3.85. The highest BCUT2D eigenvalue weighted by Crippen LogP contribution is 2.20. The maximum absolute atomic E-state index is 3.51. The minimum Gasteiger partial charge on any atom is -0.312 e. The molecule has 2 rings (SSSR count). The third kappa shape index (κ3) is 3.47. The van der Waals surface area contributed by atoms with Crippen LogP contribution in [0.15, 0.2) is 23.8 Å². The quantitative estimate of drug-likeness (QED) is 0.591. The van der Waals surface area contributed by atoms with E-state index in [4.69, 9.17) is 0 Å². The Morgan fingerprint density at radius 3 is 3.00 bits per heavy atom. The van der Waals surface area contributed by atoms with E-state index in [2.05, 4.69) is 30.4 Å². The first-order valence-corrected chi connectivity index (χ1v) is 6.60. The predicted molar refractivity (Wildman–Crippen MR) is 67.3 cm³/mol. The Kier molecular flexibility index (Phi) is 3.98. The number of hydrogen-bond donors (Lipinski definition) is 1. The Hall–Kier alpha value is -0.600. The van der Waals surface area contributed by atoms with Crippen LogP contribution in [0, 0.1) is 6.92 Å². The maximum atomic E-state index is 3.51. The van der Waals surface area contributed by atoms with Crippen LogP contribution in [0.25, 0.3) is 0 Å². The number of rotatable bonds is 5. The first-order valence-electron chi connectivity index (χ1n) is 5.78. The lowest BCUT2D eigenvalue weighted by molar-refractivity contribution is 0.682. The summed E-state index contributed by atoms with van der Waals surface area (Å²) in [4.78, 5) is 2.86. The fraction of sp³-hybridized carbons (Fsp3) is 0.538. The Balaban J connectivity index is 1.62. The first kappa shape index (κ1) is 10.9. The van der Waals surface area contributed by atoms with Crippen LogP contribution in [0.2, 0.25) is 0 Å². The molecule has 0 fully saturated rings. The van der Waals surface area contributed by atoms with E-state index in [0.717, 1.165) is 13.1 Å². The molecule has 1 aromatic rings. The van der Waals surface area contributed by atoms with Crippen LogP contribution in [0.5, 0.6) is 0 Å². The molecule has 0 aliphatic heterocycles. The molecular weight excluding hydrogens is 202 g/mol. The van der Waals surface area contributed by atoms with Crippen molar-refractivity contribution in [2.24, 2.45) is 0 Å². The number of allylic oxidation sites excluding steroid dienone is 1. The summed E-state index contributed by atoms with van der Waals surface area (Å²) >= 11 is 1.89. The molecule has 0 saturated heterocycles. The van der Waals surface area contributed by atoms with E-state index in [1.807, 2.05) is 11.3 Å². The molecule has 0 aromatic carbocycles. The zero-order valence-corrected chi connectivity index (χ0v) is 10.2. The molecule has 0 saturated carbocycles. The Labute approximate surface area is 96.2 Å². The van der Waals surface area contributed by atoms with Gasteiger partial charge in [-0.2, -0.15) is 0 Å². The highest BCUT2D eigenvalue weighted by Gasteiger charge is 2.03. The van der Waals surface area contributed by atoms with E-state index in [1.54, 1.807) is 5.57 Å². The molecule has 0 radical (unpaired) electrons. The van der Waals surface area contributed by atoms with E-state index >= 15 is 0 Å². The fourth-order valence-corrected chi connectivity index (χ4v) is 2.87. The Bertz CT molecular complexity index is 338. The third-order valence-electron chi connectivity index (χ3n) is 2.85. The largest absolute Gasteiger partial charge is 0.312 e. The molecule has 1 aliphatic carbocycles. The van der Waals surface area contributed by atoms with Gasteiger partial charge in [0.1, 0.15) is 0 Å². The van der Waals surface area contributed by atoms with Crippen molar-refractivity contribution in [2.75, 3.05) is 6.54 Å². The Morgan fingerprint density at radius 2 is 2.33 bits per heavy atom.